The van der Waals surface area contributed by atoms with Gasteiger partial charge >= 0.3 is 5.97 Å². The molecule has 1 aliphatic carbocycles. The molecule has 0 bridgehead atoms. The van der Waals surface area contributed by atoms with Crippen LogP contribution < -0.4 is 5.32 Å². The number of rotatable bonds is 6. The number of carbonyl (C=O) groups excluding carboxylic acids is 3. The SMILES string of the molecule is O=C(CNC(=O)C1CCN(C(=O)C2CC2)CC1)OCc1ccccc1. The van der Waals surface area contributed by atoms with Gasteiger partial charge in [-0.1, -0.05) is 30.3 Å². The summed E-state index contributed by atoms with van der Waals surface area (Å²) in [5, 5.41) is 2.65. The number of ether oxygens (including phenoxy) is 1. The molecule has 1 aromatic carbocycles. The highest BCUT2D eigenvalue weighted by Gasteiger charge is 2.35. The Labute approximate surface area is 147 Å². The number of hydrogen-bond acceptors (Lipinski definition) is 4. The van der Waals surface area contributed by atoms with Gasteiger partial charge in [-0.3, -0.25) is 14.4 Å². The first-order chi connectivity index (χ1) is 12.1. The Morgan fingerprint density at radius 3 is 2.32 bits per heavy atom. The summed E-state index contributed by atoms with van der Waals surface area (Å²) in [6.07, 6.45) is 3.32. The standard InChI is InChI=1S/C19H24N2O4/c22-17(25-13-14-4-2-1-3-5-14)12-20-18(23)15-8-10-21(11-9-15)19(24)16-6-7-16/h1-5,15-16H,6-13H2,(H,20,23). The van der Waals surface area contributed by atoms with Crippen LogP contribution in [0, 0.1) is 11.8 Å². The molecule has 1 aromatic rings. The molecule has 6 heteroatoms. The Morgan fingerprint density at radius 2 is 1.68 bits per heavy atom. The van der Waals surface area contributed by atoms with Crippen molar-refractivity contribution in [3.8, 4) is 0 Å². The van der Waals surface area contributed by atoms with E-state index in [2.05, 4.69) is 5.32 Å². The van der Waals surface area contributed by atoms with Gasteiger partial charge in [0.25, 0.3) is 0 Å². The largest absolute Gasteiger partial charge is 0.460 e. The van der Waals surface area contributed by atoms with Gasteiger partial charge < -0.3 is 15.0 Å². The van der Waals surface area contributed by atoms with Crippen LogP contribution in [0.25, 0.3) is 0 Å². The molecule has 1 heterocycles. The highest BCUT2D eigenvalue weighted by Crippen LogP contribution is 2.32. The van der Waals surface area contributed by atoms with Crippen molar-refractivity contribution in [2.24, 2.45) is 11.8 Å². The van der Waals surface area contributed by atoms with E-state index < -0.39 is 5.97 Å². The quantitative estimate of drug-likeness (QED) is 0.794. The van der Waals surface area contributed by atoms with Crippen LogP contribution in [0.2, 0.25) is 0 Å². The van der Waals surface area contributed by atoms with E-state index >= 15 is 0 Å². The van der Waals surface area contributed by atoms with Gasteiger partial charge in [0, 0.05) is 24.9 Å². The first-order valence-corrected chi connectivity index (χ1v) is 8.89. The lowest BCUT2D eigenvalue weighted by atomic mass is 9.95. The van der Waals surface area contributed by atoms with E-state index in [1.54, 1.807) is 0 Å². The minimum atomic E-state index is -0.446. The summed E-state index contributed by atoms with van der Waals surface area (Å²) < 4.78 is 5.14. The molecule has 1 saturated heterocycles. The van der Waals surface area contributed by atoms with Crippen molar-refractivity contribution in [1.82, 2.24) is 10.2 Å². The van der Waals surface area contributed by atoms with E-state index in [4.69, 9.17) is 4.74 Å². The van der Waals surface area contributed by atoms with Crippen molar-refractivity contribution >= 4 is 17.8 Å². The van der Waals surface area contributed by atoms with Gasteiger partial charge in [0.15, 0.2) is 0 Å². The van der Waals surface area contributed by atoms with Crippen LogP contribution in [0.15, 0.2) is 30.3 Å². The number of benzene rings is 1. The third-order valence-electron chi connectivity index (χ3n) is 4.75. The molecule has 0 radical (unpaired) electrons. The lowest BCUT2D eigenvalue weighted by Gasteiger charge is -2.31. The maximum Gasteiger partial charge on any atom is 0.325 e. The van der Waals surface area contributed by atoms with Crippen LogP contribution in [0.1, 0.15) is 31.2 Å². The Balaban J connectivity index is 1.33. The van der Waals surface area contributed by atoms with Gasteiger partial charge in [0.1, 0.15) is 13.2 Å². The average Bonchev–Trinajstić information content (AvgIpc) is 3.50. The number of amides is 2. The summed E-state index contributed by atoms with van der Waals surface area (Å²) in [6.45, 7) is 1.35. The first-order valence-electron chi connectivity index (χ1n) is 8.89. The van der Waals surface area contributed by atoms with Crippen LogP contribution in [0.5, 0.6) is 0 Å². The van der Waals surface area contributed by atoms with Gasteiger partial charge in [-0.05, 0) is 31.2 Å². The predicted molar refractivity (Wildman–Crippen MR) is 91.3 cm³/mol. The van der Waals surface area contributed by atoms with Crippen molar-refractivity contribution in [2.75, 3.05) is 19.6 Å². The third-order valence-corrected chi connectivity index (χ3v) is 4.75. The zero-order chi connectivity index (χ0) is 17.6. The summed E-state index contributed by atoms with van der Waals surface area (Å²) in [5.74, 6) is -0.244. The van der Waals surface area contributed by atoms with Crippen LogP contribution in [0.4, 0.5) is 0 Å². The Hall–Kier alpha value is -2.37. The van der Waals surface area contributed by atoms with Crippen molar-refractivity contribution in [3.05, 3.63) is 35.9 Å². The zero-order valence-electron chi connectivity index (χ0n) is 14.3. The molecule has 2 amide bonds. The number of piperidine rings is 1. The summed E-state index contributed by atoms with van der Waals surface area (Å²) in [4.78, 5) is 37.8. The van der Waals surface area contributed by atoms with Gasteiger partial charge in [0.2, 0.25) is 11.8 Å². The number of carbonyl (C=O) groups is 3. The second kappa shape index (κ2) is 8.14. The summed E-state index contributed by atoms with van der Waals surface area (Å²) in [6, 6.07) is 9.41. The topological polar surface area (TPSA) is 75.7 Å². The fraction of sp³-hybridized carbons (Fsp3) is 0.526. The first kappa shape index (κ1) is 17.5. The van der Waals surface area contributed by atoms with E-state index in [0.29, 0.717) is 25.9 Å². The van der Waals surface area contributed by atoms with Crippen molar-refractivity contribution < 1.29 is 19.1 Å². The normalized spacial score (nSPS) is 17.8. The second-order valence-electron chi connectivity index (χ2n) is 6.74. The number of nitrogens with one attached hydrogen (secondary N) is 1. The fourth-order valence-corrected chi connectivity index (χ4v) is 3.04. The molecule has 0 spiro atoms. The molecule has 1 N–H and O–H groups in total. The number of nitrogens with zero attached hydrogens (tertiary/aromatic N) is 1. The average molecular weight is 344 g/mol. The molecule has 2 aliphatic rings. The highest BCUT2D eigenvalue weighted by molar-refractivity contribution is 5.84. The smallest absolute Gasteiger partial charge is 0.325 e. The molecule has 134 valence electrons. The van der Waals surface area contributed by atoms with Crippen molar-refractivity contribution in [3.63, 3.8) is 0 Å². The zero-order valence-corrected chi connectivity index (χ0v) is 14.3. The van der Waals surface area contributed by atoms with E-state index in [0.717, 1.165) is 18.4 Å². The Kier molecular flexibility index (Phi) is 5.68. The van der Waals surface area contributed by atoms with Gasteiger partial charge in [-0.15, -0.1) is 0 Å². The molecule has 0 atom stereocenters. The predicted octanol–water partition coefficient (Wildman–Crippen LogP) is 1.49. The van der Waals surface area contributed by atoms with Crippen LogP contribution in [-0.2, 0) is 25.7 Å². The molecular formula is C19H24N2O4. The maximum absolute atomic E-state index is 12.2. The van der Waals surface area contributed by atoms with Crippen LogP contribution in [-0.4, -0.2) is 42.3 Å². The van der Waals surface area contributed by atoms with Crippen molar-refractivity contribution in [2.45, 2.75) is 32.3 Å². The molecule has 0 unspecified atom stereocenters. The Morgan fingerprint density at radius 1 is 1.00 bits per heavy atom. The summed E-state index contributed by atoms with van der Waals surface area (Å²) in [7, 11) is 0. The summed E-state index contributed by atoms with van der Waals surface area (Å²) in [5.41, 5.74) is 0.912. The number of esters is 1. The van der Waals surface area contributed by atoms with E-state index in [9.17, 15) is 14.4 Å². The number of hydrogen-bond donors (Lipinski definition) is 1. The van der Waals surface area contributed by atoms with Gasteiger partial charge in [-0.2, -0.15) is 0 Å². The molecule has 2 fully saturated rings. The van der Waals surface area contributed by atoms with Crippen molar-refractivity contribution in [1.29, 1.82) is 0 Å². The molecule has 6 nitrogen and oxygen atoms in total. The third kappa shape index (κ3) is 5.05. The minimum Gasteiger partial charge on any atom is -0.460 e. The van der Waals surface area contributed by atoms with Crippen LogP contribution in [0.3, 0.4) is 0 Å². The lowest BCUT2D eigenvalue weighted by molar-refractivity contribution is -0.145. The Bertz CT molecular complexity index is 620. The van der Waals surface area contributed by atoms with Gasteiger partial charge in [0.05, 0.1) is 0 Å². The fourth-order valence-electron chi connectivity index (χ4n) is 3.04. The molecule has 3 rings (SSSR count). The highest BCUT2D eigenvalue weighted by atomic mass is 16.5. The molecule has 1 aliphatic heterocycles. The van der Waals surface area contributed by atoms with Crippen LogP contribution >= 0.6 is 0 Å². The molecule has 1 saturated carbocycles. The maximum atomic E-state index is 12.2. The van der Waals surface area contributed by atoms with E-state index in [1.807, 2.05) is 35.2 Å². The van der Waals surface area contributed by atoms with E-state index in [-0.39, 0.29) is 36.8 Å². The molecular weight excluding hydrogens is 320 g/mol. The van der Waals surface area contributed by atoms with Gasteiger partial charge in [-0.25, -0.2) is 0 Å². The van der Waals surface area contributed by atoms with E-state index in [1.165, 1.54) is 0 Å². The molecule has 0 aromatic heterocycles. The lowest BCUT2D eigenvalue weighted by Crippen LogP contribution is -2.44. The minimum absolute atomic E-state index is 0.118. The monoisotopic (exact) mass is 344 g/mol. The second-order valence-corrected chi connectivity index (χ2v) is 6.74. The summed E-state index contributed by atoms with van der Waals surface area (Å²) >= 11 is 0. The molecule has 25 heavy (non-hydrogen) atoms. The number of likely N-dealkylation sites (tertiary alicyclic amines) is 1.